The minimum Gasteiger partial charge on any atom is -1.00 e. The number of quaternary nitrogens is 1. The van der Waals surface area contributed by atoms with Crippen molar-refractivity contribution in [1.29, 1.82) is 0 Å². The number of likely N-dealkylation sites (N-methyl/N-ethyl adjacent to an activating group) is 1. The molecule has 0 aromatic carbocycles. The zero-order valence-corrected chi connectivity index (χ0v) is 24.9. The summed E-state index contributed by atoms with van der Waals surface area (Å²) in [6, 6.07) is -0.973. The topological polar surface area (TPSA) is 161 Å². The van der Waals surface area contributed by atoms with Crippen LogP contribution in [0.1, 0.15) is 12.1 Å². The van der Waals surface area contributed by atoms with Crippen LogP contribution in [0.3, 0.4) is 0 Å². The summed E-state index contributed by atoms with van der Waals surface area (Å²) < 4.78 is 23.1. The van der Waals surface area contributed by atoms with Crippen molar-refractivity contribution >= 4 is 59.2 Å². The van der Waals surface area contributed by atoms with E-state index in [0.29, 0.717) is 22.4 Å². The Bertz CT molecular complexity index is 1240. The van der Waals surface area contributed by atoms with Gasteiger partial charge in [-0.05, 0) is 6.08 Å². The number of carboxylic acids is 1. The Kier molecular flexibility index (Phi) is 9.31. The summed E-state index contributed by atoms with van der Waals surface area (Å²) in [5.74, 6) is -1.00. The second-order valence-electron chi connectivity index (χ2n) is 8.67. The fourth-order valence-electron chi connectivity index (χ4n) is 4.36. The number of aromatic nitrogens is 1. The number of hydrogen-bond acceptors (Lipinski definition) is 10. The number of carbonyl (C=O) groups is 3. The molecule has 202 valence electrons. The van der Waals surface area contributed by atoms with Crippen molar-refractivity contribution in [3.63, 3.8) is 0 Å². The molecular formula is C21H27IN5O7PS2. The van der Waals surface area contributed by atoms with Crippen LogP contribution in [0.25, 0.3) is 5.57 Å². The van der Waals surface area contributed by atoms with Gasteiger partial charge in [0.2, 0.25) is 0 Å². The molecule has 1 fully saturated rings. The number of carboxylic acid groups (broad SMARTS) is 1. The summed E-state index contributed by atoms with van der Waals surface area (Å²) in [6.07, 6.45) is 5.02. The first kappa shape index (κ1) is 29.8. The van der Waals surface area contributed by atoms with E-state index in [0.717, 1.165) is 30.1 Å². The zero-order valence-electron chi connectivity index (χ0n) is 20.2. The Labute approximate surface area is 239 Å². The summed E-state index contributed by atoms with van der Waals surface area (Å²) in [6.45, 7) is 1.35. The molecule has 16 heteroatoms. The fourth-order valence-corrected chi connectivity index (χ4v) is 7.18. The smallest absolute Gasteiger partial charge is 0.354 e. The molecule has 37 heavy (non-hydrogen) atoms. The Hall–Kier alpha value is -1.75. The third kappa shape index (κ3) is 5.97. The molecular weight excluding hydrogens is 656 g/mol. The summed E-state index contributed by atoms with van der Waals surface area (Å²) in [5, 5.41) is 13.7. The largest absolute Gasteiger partial charge is 1.00 e. The highest BCUT2D eigenvalue weighted by atomic mass is 127. The Morgan fingerprint density at radius 3 is 2.65 bits per heavy atom. The van der Waals surface area contributed by atoms with Gasteiger partial charge in [-0.15, -0.1) is 23.1 Å². The number of β-lactam (4-membered cyclic amide) rings is 1. The summed E-state index contributed by atoms with van der Waals surface area (Å²) in [7, 11) is 0.602. The Morgan fingerprint density at radius 1 is 1.41 bits per heavy atom. The number of hydrogen-bond donors (Lipinski definition) is 3. The van der Waals surface area contributed by atoms with Crippen LogP contribution in [0, 0.1) is 0 Å². The molecule has 3 aliphatic rings. The number of halogens is 1. The van der Waals surface area contributed by atoms with Crippen LogP contribution >= 0.6 is 30.7 Å². The van der Waals surface area contributed by atoms with Gasteiger partial charge in [0.05, 0.1) is 31.1 Å². The first-order valence-corrected chi connectivity index (χ1v) is 14.4. The number of carbonyl (C=O) groups excluding carboxylic acids is 2. The van der Waals surface area contributed by atoms with Crippen molar-refractivity contribution in [2.24, 2.45) is 0 Å². The predicted octanol–water partition coefficient (Wildman–Crippen LogP) is -1.34. The number of aliphatic carboxylic acids is 1. The number of nitrogens with one attached hydrogen (secondary N) is 1. The molecule has 2 amide bonds. The third-order valence-corrected chi connectivity index (χ3v) is 9.80. The molecule has 1 aromatic rings. The SMILES string of the molecule is COP(=O)(/C=C(\C(=O)N[C@@H]1C(=O)N2C(C(=O)O)=C(C[N+]3(C)C=CCC3)CS[C@H]12)c1csc(N)n1)OC.[I-]. The maximum absolute atomic E-state index is 13.2. The summed E-state index contributed by atoms with van der Waals surface area (Å²) >= 11 is 2.47. The molecule has 0 radical (unpaired) electrons. The standard InChI is InChI=1S/C21H26N5O7PS2.HI/c1-26(6-4-5-7-26)8-12-10-35-19-15(18(28)25(19)16(12)20(29)30)24-17(27)13(9-34(31,32-2)33-3)14-11-36-21(22)23-14;/h4,6,9,11,15,19H,5,7-8,10H2,1-3H3,(H3-,22,23,24,27,29,30);1H/b13-9-;/t15-,19-,26?;/m1./s1. The van der Waals surface area contributed by atoms with Gasteiger partial charge in [0.1, 0.15) is 23.7 Å². The molecule has 0 aliphatic carbocycles. The maximum Gasteiger partial charge on any atom is 0.354 e. The number of nitrogen functional groups attached to an aromatic ring is 1. The van der Waals surface area contributed by atoms with Gasteiger partial charge in [-0.2, -0.15) is 0 Å². The lowest BCUT2D eigenvalue weighted by Crippen LogP contribution is -3.00. The lowest BCUT2D eigenvalue weighted by atomic mass is 10.0. The van der Waals surface area contributed by atoms with Crippen molar-refractivity contribution in [1.82, 2.24) is 15.2 Å². The van der Waals surface area contributed by atoms with Gasteiger partial charge in [-0.1, -0.05) is 0 Å². The number of nitrogens with zero attached hydrogens (tertiary/aromatic N) is 3. The van der Waals surface area contributed by atoms with E-state index in [1.807, 2.05) is 13.2 Å². The van der Waals surface area contributed by atoms with E-state index < -0.39 is 36.8 Å². The van der Waals surface area contributed by atoms with Gasteiger partial charge in [0, 0.05) is 43.2 Å². The first-order chi connectivity index (χ1) is 17.0. The molecule has 4 N–H and O–H groups in total. The number of anilines is 1. The Balaban J connectivity index is 0.00000380. The molecule has 1 saturated heterocycles. The number of rotatable bonds is 9. The van der Waals surface area contributed by atoms with Crippen LogP contribution in [-0.2, 0) is 28.0 Å². The van der Waals surface area contributed by atoms with Crippen molar-refractivity contribution in [2.45, 2.75) is 17.8 Å². The third-order valence-electron chi connectivity index (χ3n) is 6.20. The quantitative estimate of drug-likeness (QED) is 0.0935. The normalized spacial score (nSPS) is 25.4. The second-order valence-corrected chi connectivity index (χ2v) is 12.7. The highest BCUT2D eigenvalue weighted by Crippen LogP contribution is 2.50. The van der Waals surface area contributed by atoms with E-state index in [2.05, 4.69) is 16.4 Å². The van der Waals surface area contributed by atoms with Gasteiger partial charge in [-0.3, -0.25) is 23.5 Å². The highest BCUT2D eigenvalue weighted by Gasteiger charge is 2.55. The van der Waals surface area contributed by atoms with E-state index in [4.69, 9.17) is 14.8 Å². The average Bonchev–Trinajstić information content (AvgIpc) is 3.48. The number of thioether (sulfide) groups is 1. The molecule has 3 aliphatic heterocycles. The van der Waals surface area contributed by atoms with Crippen LogP contribution in [0.5, 0.6) is 0 Å². The molecule has 1 aromatic heterocycles. The summed E-state index contributed by atoms with van der Waals surface area (Å²) in [5.41, 5.74) is 6.37. The molecule has 0 saturated carbocycles. The summed E-state index contributed by atoms with van der Waals surface area (Å²) in [4.78, 5) is 43.8. The van der Waals surface area contributed by atoms with Crippen LogP contribution in [0.4, 0.5) is 5.13 Å². The van der Waals surface area contributed by atoms with E-state index >= 15 is 0 Å². The average molecular weight is 683 g/mol. The van der Waals surface area contributed by atoms with Crippen molar-refractivity contribution in [3.8, 4) is 0 Å². The molecule has 3 atom stereocenters. The van der Waals surface area contributed by atoms with Gasteiger partial charge in [-0.25, -0.2) is 9.78 Å². The molecule has 0 spiro atoms. The second kappa shape index (κ2) is 11.6. The van der Waals surface area contributed by atoms with E-state index in [-0.39, 0.29) is 46.1 Å². The van der Waals surface area contributed by atoms with Gasteiger partial charge in [0.25, 0.3) is 11.8 Å². The van der Waals surface area contributed by atoms with Crippen molar-refractivity contribution < 1.29 is 61.6 Å². The molecule has 4 rings (SSSR count). The van der Waals surface area contributed by atoms with Crippen LogP contribution in [0.2, 0.25) is 0 Å². The molecule has 0 bridgehead atoms. The van der Waals surface area contributed by atoms with Crippen LogP contribution < -0.4 is 35.0 Å². The van der Waals surface area contributed by atoms with Gasteiger partial charge >= 0.3 is 13.6 Å². The van der Waals surface area contributed by atoms with Gasteiger partial charge < -0.3 is 49.2 Å². The van der Waals surface area contributed by atoms with E-state index in [1.54, 1.807) is 0 Å². The van der Waals surface area contributed by atoms with Gasteiger partial charge in [0.15, 0.2) is 5.13 Å². The van der Waals surface area contributed by atoms with Crippen LogP contribution in [0.15, 0.2) is 34.7 Å². The van der Waals surface area contributed by atoms with E-state index in [9.17, 15) is 24.1 Å². The molecule has 1 unspecified atom stereocenters. The maximum atomic E-state index is 13.2. The Morgan fingerprint density at radius 2 is 2.11 bits per heavy atom. The monoisotopic (exact) mass is 683 g/mol. The molecule has 4 heterocycles. The van der Waals surface area contributed by atoms with Crippen LogP contribution in [-0.4, -0.2) is 88.8 Å². The minimum atomic E-state index is -3.77. The first-order valence-electron chi connectivity index (χ1n) is 10.9. The lowest BCUT2D eigenvalue weighted by Gasteiger charge is -2.49. The number of amides is 2. The van der Waals surface area contributed by atoms with E-state index in [1.165, 1.54) is 36.3 Å². The fraction of sp³-hybridized carbons (Fsp3) is 0.429. The lowest BCUT2D eigenvalue weighted by molar-refractivity contribution is -0.848. The van der Waals surface area contributed by atoms with Crippen molar-refractivity contribution in [2.75, 3.05) is 45.8 Å². The minimum absolute atomic E-state index is 0. The number of fused-ring (bicyclic) bond motifs is 1. The number of nitrogens with two attached hydrogens (primary N) is 1. The zero-order chi connectivity index (χ0) is 26.3. The number of thiazole rings is 1. The predicted molar refractivity (Wildman–Crippen MR) is 135 cm³/mol. The molecule has 12 nitrogen and oxygen atoms in total. The van der Waals surface area contributed by atoms with Crippen molar-refractivity contribution in [3.05, 3.63) is 40.4 Å². The highest BCUT2D eigenvalue weighted by molar-refractivity contribution is 8.00.